The molecule has 0 aromatic heterocycles. The summed E-state index contributed by atoms with van der Waals surface area (Å²) in [5.74, 6) is -0.739. The van der Waals surface area contributed by atoms with Crippen molar-refractivity contribution in [1.82, 2.24) is 15.5 Å². The number of aryl methyl sites for hydroxylation is 1. The van der Waals surface area contributed by atoms with Gasteiger partial charge < -0.3 is 19.7 Å². The predicted octanol–water partition coefficient (Wildman–Crippen LogP) is 3.88. The van der Waals surface area contributed by atoms with Crippen LogP contribution >= 0.6 is 0 Å². The predicted molar refractivity (Wildman–Crippen MR) is 141 cm³/mol. The zero-order valence-corrected chi connectivity index (χ0v) is 21.3. The largest absolute Gasteiger partial charge is 0.444 e. The first kappa shape index (κ1) is 26.6. The molecule has 1 aliphatic rings. The lowest BCUT2D eigenvalue weighted by Crippen LogP contribution is -2.48. The van der Waals surface area contributed by atoms with Crippen molar-refractivity contribution in [2.75, 3.05) is 6.61 Å². The van der Waals surface area contributed by atoms with Crippen molar-refractivity contribution in [2.24, 2.45) is 0 Å². The van der Waals surface area contributed by atoms with E-state index in [0.29, 0.717) is 17.7 Å². The lowest BCUT2D eigenvalue weighted by molar-refractivity contribution is -0.143. The first-order valence-electron chi connectivity index (χ1n) is 12.3. The fourth-order valence-corrected chi connectivity index (χ4v) is 4.09. The molecule has 0 saturated carbocycles. The van der Waals surface area contributed by atoms with Gasteiger partial charge in [-0.15, -0.1) is 0 Å². The van der Waals surface area contributed by atoms with Crippen LogP contribution in [0.3, 0.4) is 0 Å². The van der Waals surface area contributed by atoms with Crippen molar-refractivity contribution in [2.45, 2.75) is 39.8 Å². The van der Waals surface area contributed by atoms with E-state index in [0.717, 1.165) is 22.3 Å². The minimum Gasteiger partial charge on any atom is -0.444 e. The second kappa shape index (κ2) is 12.2. The molecule has 3 amide bonds. The highest BCUT2D eigenvalue weighted by Gasteiger charge is 2.36. The van der Waals surface area contributed by atoms with Crippen LogP contribution in [0.25, 0.3) is 0 Å². The topological polar surface area (TPSA) is 121 Å². The standard InChI is InChI=1S/C29H30N4O5/c1-3-37-28(33-17-23-12-9-19(2)15-24(23)27(33)35)26(34)31-16-20-10-13-22(14-11-20)25(30)32-29(36)38-18-21-7-5-4-6-8-21/h4-15,28H,3,16-18H2,1-2H3,(H,31,34)(H2,30,32,36). The summed E-state index contributed by atoms with van der Waals surface area (Å²) in [6, 6.07) is 21.8. The monoisotopic (exact) mass is 514 g/mol. The highest BCUT2D eigenvalue weighted by molar-refractivity contribution is 6.04. The highest BCUT2D eigenvalue weighted by atomic mass is 16.5. The number of benzene rings is 3. The second-order valence-electron chi connectivity index (χ2n) is 8.88. The number of ether oxygens (including phenoxy) is 2. The lowest BCUT2D eigenvalue weighted by Gasteiger charge is -2.26. The van der Waals surface area contributed by atoms with E-state index in [9.17, 15) is 14.4 Å². The Kier molecular flexibility index (Phi) is 8.50. The van der Waals surface area contributed by atoms with Gasteiger partial charge in [-0.2, -0.15) is 0 Å². The molecule has 3 N–H and O–H groups in total. The Balaban J connectivity index is 1.29. The quantitative estimate of drug-likeness (QED) is 0.296. The summed E-state index contributed by atoms with van der Waals surface area (Å²) in [5, 5.41) is 13.4. The van der Waals surface area contributed by atoms with Gasteiger partial charge in [0.25, 0.3) is 11.8 Å². The molecule has 0 aliphatic carbocycles. The van der Waals surface area contributed by atoms with Gasteiger partial charge in [-0.1, -0.05) is 72.3 Å². The average molecular weight is 515 g/mol. The Hall–Kier alpha value is -4.50. The van der Waals surface area contributed by atoms with Crippen LogP contribution in [0.5, 0.6) is 0 Å². The van der Waals surface area contributed by atoms with Crippen LogP contribution in [0.4, 0.5) is 4.79 Å². The van der Waals surface area contributed by atoms with Crippen molar-refractivity contribution >= 4 is 23.7 Å². The number of amides is 3. The SMILES string of the molecule is CCOC(C(=O)NCc1ccc(C(=N)NC(=O)OCc2ccccc2)cc1)N1Cc2ccc(C)cc2C1=O. The zero-order valence-electron chi connectivity index (χ0n) is 21.3. The number of carbonyl (C=O) groups excluding carboxylic acids is 3. The fourth-order valence-electron chi connectivity index (χ4n) is 4.09. The van der Waals surface area contributed by atoms with Gasteiger partial charge in [0, 0.05) is 30.8 Å². The number of rotatable bonds is 9. The minimum absolute atomic E-state index is 0.0996. The van der Waals surface area contributed by atoms with Gasteiger partial charge in [0.15, 0.2) is 0 Å². The number of fused-ring (bicyclic) bond motifs is 1. The first-order chi connectivity index (χ1) is 18.4. The molecule has 1 aliphatic heterocycles. The lowest BCUT2D eigenvalue weighted by atomic mass is 10.1. The van der Waals surface area contributed by atoms with E-state index in [1.807, 2.05) is 55.5 Å². The second-order valence-corrected chi connectivity index (χ2v) is 8.88. The van der Waals surface area contributed by atoms with Gasteiger partial charge in [0.05, 0.1) is 0 Å². The smallest absolute Gasteiger partial charge is 0.413 e. The molecule has 0 radical (unpaired) electrons. The molecular formula is C29H30N4O5. The zero-order chi connectivity index (χ0) is 27.1. The van der Waals surface area contributed by atoms with Crippen molar-refractivity contribution in [1.29, 1.82) is 5.41 Å². The number of nitrogens with one attached hydrogen (secondary N) is 3. The summed E-state index contributed by atoms with van der Waals surface area (Å²) in [4.78, 5) is 39.4. The summed E-state index contributed by atoms with van der Waals surface area (Å²) in [7, 11) is 0. The Morgan fingerprint density at radius 3 is 2.47 bits per heavy atom. The number of amidine groups is 1. The van der Waals surface area contributed by atoms with E-state index in [1.54, 1.807) is 31.2 Å². The highest BCUT2D eigenvalue weighted by Crippen LogP contribution is 2.26. The van der Waals surface area contributed by atoms with E-state index in [1.165, 1.54) is 4.90 Å². The summed E-state index contributed by atoms with van der Waals surface area (Å²) < 4.78 is 10.8. The van der Waals surface area contributed by atoms with Crippen molar-refractivity contribution < 1.29 is 23.9 Å². The van der Waals surface area contributed by atoms with Gasteiger partial charge in [-0.25, -0.2) is 4.79 Å². The third-order valence-electron chi connectivity index (χ3n) is 6.08. The van der Waals surface area contributed by atoms with E-state index in [-0.39, 0.29) is 31.5 Å². The average Bonchev–Trinajstić information content (AvgIpc) is 3.25. The molecule has 4 rings (SSSR count). The molecular weight excluding hydrogens is 484 g/mol. The molecule has 0 spiro atoms. The van der Waals surface area contributed by atoms with Crippen LogP contribution in [-0.4, -0.2) is 41.5 Å². The minimum atomic E-state index is -1.04. The van der Waals surface area contributed by atoms with Crippen molar-refractivity contribution in [3.8, 4) is 0 Å². The van der Waals surface area contributed by atoms with Gasteiger partial charge in [0.1, 0.15) is 12.4 Å². The molecule has 0 bridgehead atoms. The molecule has 0 fully saturated rings. The van der Waals surface area contributed by atoms with Gasteiger partial charge >= 0.3 is 6.09 Å². The van der Waals surface area contributed by atoms with Crippen LogP contribution in [0.15, 0.2) is 72.8 Å². The third-order valence-corrected chi connectivity index (χ3v) is 6.08. The number of alkyl carbamates (subject to hydrolysis) is 1. The van der Waals surface area contributed by atoms with E-state index in [2.05, 4.69) is 10.6 Å². The Morgan fingerprint density at radius 2 is 1.76 bits per heavy atom. The third kappa shape index (κ3) is 6.43. The van der Waals surface area contributed by atoms with Gasteiger partial charge in [-0.05, 0) is 36.6 Å². The summed E-state index contributed by atoms with van der Waals surface area (Å²) in [6.45, 7) is 4.59. The van der Waals surface area contributed by atoms with Crippen LogP contribution < -0.4 is 10.6 Å². The number of hydrogen-bond donors (Lipinski definition) is 3. The van der Waals surface area contributed by atoms with Crippen molar-refractivity contribution in [3.63, 3.8) is 0 Å². The molecule has 3 aromatic rings. The fraction of sp³-hybridized carbons (Fsp3) is 0.241. The van der Waals surface area contributed by atoms with Crippen molar-refractivity contribution in [3.05, 3.63) is 106 Å². The molecule has 0 saturated heterocycles. The van der Waals surface area contributed by atoms with Crippen LogP contribution in [0.2, 0.25) is 0 Å². The number of hydrogen-bond acceptors (Lipinski definition) is 6. The Bertz CT molecular complexity index is 1320. The summed E-state index contributed by atoms with van der Waals surface area (Å²) in [5.41, 5.74) is 4.56. The molecule has 196 valence electrons. The molecule has 9 nitrogen and oxygen atoms in total. The molecule has 1 atom stereocenters. The van der Waals surface area contributed by atoms with Crippen LogP contribution in [-0.2, 0) is 34.0 Å². The van der Waals surface area contributed by atoms with Crippen LogP contribution in [0, 0.1) is 12.3 Å². The Morgan fingerprint density at radius 1 is 1.03 bits per heavy atom. The number of nitrogens with zero attached hydrogens (tertiary/aromatic N) is 1. The molecule has 3 aromatic carbocycles. The Labute approximate surface area is 221 Å². The molecule has 9 heteroatoms. The maximum Gasteiger partial charge on any atom is 0.413 e. The molecule has 38 heavy (non-hydrogen) atoms. The van der Waals surface area contributed by atoms with E-state index < -0.39 is 18.2 Å². The number of carbonyl (C=O) groups is 3. The maximum atomic E-state index is 13.0. The van der Waals surface area contributed by atoms with E-state index >= 15 is 0 Å². The molecule has 1 heterocycles. The summed E-state index contributed by atoms with van der Waals surface area (Å²) in [6.07, 6.45) is -1.76. The molecule has 1 unspecified atom stereocenters. The van der Waals surface area contributed by atoms with E-state index in [4.69, 9.17) is 14.9 Å². The first-order valence-corrected chi connectivity index (χ1v) is 12.3. The van der Waals surface area contributed by atoms with Gasteiger partial charge in [-0.3, -0.25) is 20.3 Å². The van der Waals surface area contributed by atoms with Gasteiger partial charge in [0.2, 0.25) is 6.23 Å². The van der Waals surface area contributed by atoms with Crippen LogP contribution in [0.1, 0.15) is 45.1 Å². The normalized spacial score (nSPS) is 13.0. The maximum absolute atomic E-state index is 13.0. The summed E-state index contributed by atoms with van der Waals surface area (Å²) >= 11 is 0.